The first-order chi connectivity index (χ1) is 13.9. The van der Waals surface area contributed by atoms with E-state index in [1.807, 2.05) is 20.8 Å². The molecule has 0 aliphatic heterocycles. The van der Waals surface area contributed by atoms with E-state index in [2.05, 4.69) is 15.5 Å². The number of carbonyl (C=O) groups is 1. The molecule has 6 nitrogen and oxygen atoms in total. The first-order valence-electron chi connectivity index (χ1n) is 9.12. The van der Waals surface area contributed by atoms with E-state index in [4.69, 9.17) is 10.3 Å². The summed E-state index contributed by atoms with van der Waals surface area (Å²) in [6, 6.07) is 8.26. The van der Waals surface area contributed by atoms with Crippen molar-refractivity contribution in [3.63, 3.8) is 0 Å². The predicted octanol–water partition coefficient (Wildman–Crippen LogP) is 4.82. The van der Waals surface area contributed by atoms with Crippen LogP contribution in [0.2, 0.25) is 0 Å². The minimum absolute atomic E-state index is 0.0366. The fraction of sp³-hybridized carbons (Fsp3) is 0.286. The van der Waals surface area contributed by atoms with Gasteiger partial charge in [-0.1, -0.05) is 38.1 Å². The van der Waals surface area contributed by atoms with E-state index < -0.39 is 17.6 Å². The molecule has 3 rings (SSSR count). The van der Waals surface area contributed by atoms with E-state index in [1.54, 1.807) is 6.07 Å². The fourth-order valence-corrected chi connectivity index (χ4v) is 2.81. The van der Waals surface area contributed by atoms with Gasteiger partial charge in [-0.05, 0) is 29.3 Å². The molecule has 0 bridgehead atoms. The maximum Gasteiger partial charge on any atom is 0.417 e. The van der Waals surface area contributed by atoms with Crippen molar-refractivity contribution in [2.24, 2.45) is 0 Å². The van der Waals surface area contributed by atoms with Gasteiger partial charge in [0.1, 0.15) is 11.6 Å². The maximum atomic E-state index is 13.6. The van der Waals surface area contributed by atoms with Crippen LogP contribution in [0.4, 0.5) is 24.8 Å². The molecule has 0 aliphatic carbocycles. The smallest absolute Gasteiger partial charge is 0.384 e. The molecule has 0 aliphatic rings. The van der Waals surface area contributed by atoms with Gasteiger partial charge in [-0.25, -0.2) is 4.98 Å². The molecule has 0 unspecified atom stereocenters. The maximum absolute atomic E-state index is 13.6. The van der Waals surface area contributed by atoms with Gasteiger partial charge in [-0.2, -0.15) is 13.2 Å². The lowest BCUT2D eigenvalue weighted by Gasteiger charge is -2.15. The zero-order chi connectivity index (χ0) is 22.1. The molecule has 2 heterocycles. The minimum Gasteiger partial charge on any atom is -0.384 e. The molecule has 3 N–H and O–H groups in total. The summed E-state index contributed by atoms with van der Waals surface area (Å²) in [5.41, 5.74) is 4.83. The molecule has 0 fully saturated rings. The normalized spacial score (nSPS) is 12.1. The number of nitrogens with zero attached hydrogens (tertiary/aromatic N) is 2. The quantitative estimate of drug-likeness (QED) is 0.634. The largest absolute Gasteiger partial charge is 0.417 e. The van der Waals surface area contributed by atoms with Crippen LogP contribution in [-0.2, 0) is 22.8 Å². The van der Waals surface area contributed by atoms with Crippen molar-refractivity contribution >= 4 is 17.5 Å². The third-order valence-corrected chi connectivity index (χ3v) is 4.37. The highest BCUT2D eigenvalue weighted by atomic mass is 19.4. The van der Waals surface area contributed by atoms with Crippen molar-refractivity contribution in [3.05, 3.63) is 59.5 Å². The lowest BCUT2D eigenvalue weighted by atomic mass is 9.93. The molecular weight excluding hydrogens is 397 g/mol. The van der Waals surface area contributed by atoms with E-state index in [-0.39, 0.29) is 40.2 Å². The van der Waals surface area contributed by atoms with Crippen molar-refractivity contribution in [1.29, 1.82) is 0 Å². The highest BCUT2D eigenvalue weighted by Gasteiger charge is 2.34. The number of alkyl halides is 3. The Labute approximate surface area is 171 Å². The molecule has 0 saturated carbocycles. The highest BCUT2D eigenvalue weighted by Crippen LogP contribution is 2.37. The zero-order valence-electron chi connectivity index (χ0n) is 16.7. The number of anilines is 2. The Morgan fingerprint density at radius 3 is 2.43 bits per heavy atom. The van der Waals surface area contributed by atoms with Crippen molar-refractivity contribution in [2.45, 2.75) is 38.8 Å². The molecule has 1 amide bonds. The van der Waals surface area contributed by atoms with Gasteiger partial charge in [0.2, 0.25) is 5.91 Å². The van der Waals surface area contributed by atoms with Gasteiger partial charge in [-0.15, -0.1) is 0 Å². The molecule has 0 saturated heterocycles. The number of carbonyl (C=O) groups excluding carboxylic acids is 1. The molecule has 158 valence electrons. The summed E-state index contributed by atoms with van der Waals surface area (Å²) in [5.74, 6) is 0.506. The Hall–Kier alpha value is -3.36. The van der Waals surface area contributed by atoms with Gasteiger partial charge in [0.25, 0.3) is 0 Å². The van der Waals surface area contributed by atoms with Crippen LogP contribution in [0.3, 0.4) is 0 Å². The molecule has 0 atom stereocenters. The molecule has 9 heteroatoms. The number of hydrogen-bond acceptors (Lipinski definition) is 5. The molecule has 30 heavy (non-hydrogen) atoms. The van der Waals surface area contributed by atoms with Crippen LogP contribution < -0.4 is 11.1 Å². The third kappa shape index (κ3) is 4.97. The van der Waals surface area contributed by atoms with E-state index in [1.165, 1.54) is 30.5 Å². The number of aromatic nitrogens is 2. The van der Waals surface area contributed by atoms with Gasteiger partial charge >= 0.3 is 6.18 Å². The first-order valence-corrected chi connectivity index (χ1v) is 9.12. The third-order valence-electron chi connectivity index (χ3n) is 4.37. The van der Waals surface area contributed by atoms with Crippen LogP contribution >= 0.6 is 0 Å². The molecule has 0 spiro atoms. The van der Waals surface area contributed by atoms with Crippen molar-refractivity contribution in [1.82, 2.24) is 10.1 Å². The Morgan fingerprint density at radius 1 is 1.13 bits per heavy atom. The topological polar surface area (TPSA) is 94.0 Å². The number of hydrogen-bond donors (Lipinski definition) is 2. The second-order valence-electron chi connectivity index (χ2n) is 7.90. The standard InChI is InChI=1S/C21H21F3N4O2/c1-20(2,3)16-10-18(28-30-16)27-19(29)9-12-4-6-14(15(8-12)21(22,23)24)13-5-7-17(25)26-11-13/h4-8,10-11H,9H2,1-3H3,(H2,25,26)(H,27,28,29). The summed E-state index contributed by atoms with van der Waals surface area (Å²) in [4.78, 5) is 16.1. The second-order valence-corrected chi connectivity index (χ2v) is 7.90. The van der Waals surface area contributed by atoms with Crippen molar-refractivity contribution in [3.8, 4) is 11.1 Å². The lowest BCUT2D eigenvalue weighted by molar-refractivity contribution is -0.137. The van der Waals surface area contributed by atoms with E-state index in [0.29, 0.717) is 5.76 Å². The molecule has 3 aromatic rings. The number of nitrogens with one attached hydrogen (secondary N) is 1. The molecule has 2 aromatic heterocycles. The van der Waals surface area contributed by atoms with Crippen LogP contribution in [0.15, 0.2) is 47.1 Å². The number of pyridine rings is 1. The fourth-order valence-electron chi connectivity index (χ4n) is 2.81. The number of halogens is 3. The highest BCUT2D eigenvalue weighted by molar-refractivity contribution is 5.91. The Balaban J connectivity index is 1.82. The van der Waals surface area contributed by atoms with Crippen LogP contribution in [-0.4, -0.2) is 16.0 Å². The van der Waals surface area contributed by atoms with Gasteiger partial charge in [-0.3, -0.25) is 4.79 Å². The van der Waals surface area contributed by atoms with Crippen LogP contribution in [0, 0.1) is 0 Å². The SMILES string of the molecule is CC(C)(C)c1cc(NC(=O)Cc2ccc(-c3ccc(N)nc3)c(C(F)(F)F)c2)no1. The van der Waals surface area contributed by atoms with Gasteiger partial charge in [0.15, 0.2) is 5.82 Å². The van der Waals surface area contributed by atoms with Crippen molar-refractivity contribution in [2.75, 3.05) is 11.1 Å². The molecule has 0 radical (unpaired) electrons. The first kappa shape index (κ1) is 21.4. The molecule has 1 aromatic carbocycles. The Kier molecular flexibility index (Phi) is 5.56. The van der Waals surface area contributed by atoms with Gasteiger partial charge in [0.05, 0.1) is 12.0 Å². The average molecular weight is 418 g/mol. The number of benzene rings is 1. The summed E-state index contributed by atoms with van der Waals surface area (Å²) in [6.45, 7) is 5.78. The zero-order valence-corrected chi connectivity index (χ0v) is 16.7. The van der Waals surface area contributed by atoms with E-state index in [9.17, 15) is 18.0 Å². The summed E-state index contributed by atoms with van der Waals surface area (Å²) < 4.78 is 46.1. The Morgan fingerprint density at radius 2 is 1.87 bits per heavy atom. The summed E-state index contributed by atoms with van der Waals surface area (Å²) in [6.07, 6.45) is -3.57. The number of nitrogens with two attached hydrogens (primary N) is 1. The monoisotopic (exact) mass is 418 g/mol. The van der Waals surface area contributed by atoms with Gasteiger partial charge in [0, 0.05) is 23.2 Å². The van der Waals surface area contributed by atoms with E-state index >= 15 is 0 Å². The van der Waals surface area contributed by atoms with Crippen LogP contribution in [0.5, 0.6) is 0 Å². The number of nitrogen functional groups attached to an aromatic ring is 1. The summed E-state index contributed by atoms with van der Waals surface area (Å²) in [5, 5.41) is 6.32. The van der Waals surface area contributed by atoms with E-state index in [0.717, 1.165) is 6.07 Å². The summed E-state index contributed by atoms with van der Waals surface area (Å²) in [7, 11) is 0. The molecular formula is C21H21F3N4O2. The lowest BCUT2D eigenvalue weighted by Crippen LogP contribution is -2.16. The summed E-state index contributed by atoms with van der Waals surface area (Å²) >= 11 is 0. The second kappa shape index (κ2) is 7.81. The average Bonchev–Trinajstić information content (AvgIpc) is 3.10. The van der Waals surface area contributed by atoms with Crippen LogP contribution in [0.25, 0.3) is 11.1 Å². The Bertz CT molecular complexity index is 1050. The van der Waals surface area contributed by atoms with Crippen LogP contribution in [0.1, 0.15) is 37.7 Å². The van der Waals surface area contributed by atoms with Crippen molar-refractivity contribution < 1.29 is 22.5 Å². The predicted molar refractivity (Wildman–Crippen MR) is 107 cm³/mol. The van der Waals surface area contributed by atoms with Gasteiger partial charge < -0.3 is 15.6 Å². The number of amides is 1. The minimum atomic E-state index is -4.60. The number of rotatable bonds is 4.